The van der Waals surface area contributed by atoms with Gasteiger partial charge in [-0.1, -0.05) is 97.1 Å². The summed E-state index contributed by atoms with van der Waals surface area (Å²) in [5.74, 6) is 1.53. The summed E-state index contributed by atoms with van der Waals surface area (Å²) in [5.41, 5.74) is 6.45. The van der Waals surface area contributed by atoms with Crippen LogP contribution in [0.5, 0.6) is 5.75 Å². The van der Waals surface area contributed by atoms with Crippen LogP contribution in [0.3, 0.4) is 0 Å². The number of carbonyl (C=O) groups is 1. The number of para-hydroxylation sites is 1. The van der Waals surface area contributed by atoms with Crippen LogP contribution in [0.25, 0.3) is 0 Å². The van der Waals surface area contributed by atoms with Crippen LogP contribution in [-0.2, 0) is 13.0 Å². The van der Waals surface area contributed by atoms with E-state index in [0.29, 0.717) is 30.6 Å². The number of hydrogen-bond donors (Lipinski definition) is 2. The van der Waals surface area contributed by atoms with Crippen LogP contribution in [0.1, 0.15) is 51.0 Å². The van der Waals surface area contributed by atoms with Gasteiger partial charge in [0.25, 0.3) is 5.91 Å². The topological polar surface area (TPSA) is 50.4 Å². The van der Waals surface area contributed by atoms with Gasteiger partial charge in [0.05, 0.1) is 17.3 Å². The van der Waals surface area contributed by atoms with Crippen molar-refractivity contribution in [1.82, 2.24) is 5.32 Å². The Bertz CT molecular complexity index is 1410. The summed E-state index contributed by atoms with van der Waals surface area (Å²) in [6, 6.07) is 35.1. The number of fused-ring (bicyclic) bond motifs is 3. The molecule has 0 fully saturated rings. The van der Waals surface area contributed by atoms with Crippen molar-refractivity contribution in [1.29, 1.82) is 0 Å². The van der Waals surface area contributed by atoms with Gasteiger partial charge >= 0.3 is 0 Å². The number of nitrogens with one attached hydrogen (secondary N) is 2. The van der Waals surface area contributed by atoms with Crippen molar-refractivity contribution in [3.63, 3.8) is 0 Å². The second-order valence-electron chi connectivity index (χ2n) is 10.1. The number of hydrogen-bond acceptors (Lipinski definition) is 3. The molecule has 0 saturated heterocycles. The summed E-state index contributed by atoms with van der Waals surface area (Å²) < 4.78 is 6.01. The highest BCUT2D eigenvalue weighted by atomic mass is 16.5. The lowest BCUT2D eigenvalue weighted by Crippen LogP contribution is -2.32. The second-order valence-corrected chi connectivity index (χ2v) is 10.1. The molecule has 0 radical (unpaired) electrons. The van der Waals surface area contributed by atoms with Crippen LogP contribution < -0.4 is 15.4 Å². The molecule has 4 aromatic rings. The van der Waals surface area contributed by atoms with E-state index in [4.69, 9.17) is 4.74 Å². The molecule has 1 heterocycles. The molecular weight excluding hydrogens is 468 g/mol. The molecule has 3 unspecified atom stereocenters. The zero-order valence-corrected chi connectivity index (χ0v) is 21.3. The average molecular weight is 501 g/mol. The van der Waals surface area contributed by atoms with Gasteiger partial charge in [0.2, 0.25) is 0 Å². The van der Waals surface area contributed by atoms with Crippen molar-refractivity contribution >= 4 is 11.6 Å². The molecule has 190 valence electrons. The maximum atomic E-state index is 13.3. The van der Waals surface area contributed by atoms with Crippen molar-refractivity contribution in [2.24, 2.45) is 5.92 Å². The molecule has 2 aliphatic rings. The fourth-order valence-electron chi connectivity index (χ4n) is 5.71. The van der Waals surface area contributed by atoms with E-state index in [1.165, 1.54) is 16.7 Å². The standard InChI is InChI=1S/C34H32N2O2/c37-34(35-22-21-24-9-3-1-4-10-24)31-16-8-15-30-28-13-7-14-29(28)32(36-33(30)31)26-17-19-27(20-18-26)38-23-25-11-5-2-6-12-25/h1-13,15-20,28-29,32,36H,14,21-23H2,(H,35,37). The lowest BCUT2D eigenvalue weighted by molar-refractivity contribution is 0.0954. The van der Waals surface area contributed by atoms with E-state index < -0.39 is 0 Å². The molecule has 3 atom stereocenters. The zero-order chi connectivity index (χ0) is 25.7. The Kier molecular flexibility index (Phi) is 6.95. The first-order valence-corrected chi connectivity index (χ1v) is 13.4. The Labute approximate surface area is 224 Å². The molecule has 1 amide bonds. The number of benzene rings is 4. The first kappa shape index (κ1) is 24.1. The SMILES string of the molecule is O=C(NCCc1ccccc1)c1cccc2c1NC(c1ccc(OCc3ccccc3)cc1)C1CC=CC21. The van der Waals surface area contributed by atoms with Crippen LogP contribution in [0.4, 0.5) is 5.69 Å². The normalized spacial score (nSPS) is 19.2. The van der Waals surface area contributed by atoms with E-state index >= 15 is 0 Å². The molecule has 4 nitrogen and oxygen atoms in total. The van der Waals surface area contributed by atoms with Crippen molar-refractivity contribution in [3.8, 4) is 5.75 Å². The second kappa shape index (κ2) is 11.0. The Balaban J connectivity index is 1.19. The van der Waals surface area contributed by atoms with Gasteiger partial charge in [-0.05, 0) is 59.2 Å². The predicted octanol–water partition coefficient (Wildman–Crippen LogP) is 7.06. The molecule has 0 spiro atoms. The molecule has 0 bridgehead atoms. The van der Waals surface area contributed by atoms with Gasteiger partial charge in [0, 0.05) is 12.5 Å². The zero-order valence-electron chi connectivity index (χ0n) is 21.3. The molecular formula is C34H32N2O2. The summed E-state index contributed by atoms with van der Waals surface area (Å²) in [7, 11) is 0. The highest BCUT2D eigenvalue weighted by Gasteiger charge is 2.39. The lowest BCUT2D eigenvalue weighted by Gasteiger charge is -2.38. The fraction of sp³-hybridized carbons (Fsp3) is 0.206. The predicted molar refractivity (Wildman–Crippen MR) is 152 cm³/mol. The summed E-state index contributed by atoms with van der Waals surface area (Å²) in [5, 5.41) is 6.91. The molecule has 1 aliphatic heterocycles. The van der Waals surface area contributed by atoms with E-state index in [-0.39, 0.29) is 11.9 Å². The Morgan fingerprint density at radius 2 is 1.58 bits per heavy atom. The maximum Gasteiger partial charge on any atom is 0.253 e. The quantitative estimate of drug-likeness (QED) is 0.255. The van der Waals surface area contributed by atoms with Crippen molar-refractivity contribution in [2.45, 2.75) is 31.4 Å². The summed E-state index contributed by atoms with van der Waals surface area (Å²) in [6.07, 6.45) is 6.42. The fourth-order valence-corrected chi connectivity index (χ4v) is 5.71. The van der Waals surface area contributed by atoms with Gasteiger partial charge in [-0.3, -0.25) is 4.79 Å². The lowest BCUT2D eigenvalue weighted by atomic mass is 9.76. The molecule has 1 aliphatic carbocycles. The number of carbonyl (C=O) groups excluding carboxylic acids is 1. The van der Waals surface area contributed by atoms with Gasteiger partial charge < -0.3 is 15.4 Å². The van der Waals surface area contributed by atoms with Gasteiger partial charge in [0.1, 0.15) is 12.4 Å². The smallest absolute Gasteiger partial charge is 0.253 e. The van der Waals surface area contributed by atoms with Crippen LogP contribution in [0, 0.1) is 5.92 Å². The van der Waals surface area contributed by atoms with Crippen LogP contribution in [0.2, 0.25) is 0 Å². The van der Waals surface area contributed by atoms with Gasteiger partial charge in [-0.2, -0.15) is 0 Å². The van der Waals surface area contributed by atoms with Crippen LogP contribution in [-0.4, -0.2) is 12.5 Å². The highest BCUT2D eigenvalue weighted by molar-refractivity contribution is 6.00. The molecule has 6 rings (SSSR count). The Morgan fingerprint density at radius 3 is 2.34 bits per heavy atom. The Morgan fingerprint density at radius 1 is 0.842 bits per heavy atom. The largest absolute Gasteiger partial charge is 0.489 e. The van der Waals surface area contributed by atoms with Crippen molar-refractivity contribution in [2.75, 3.05) is 11.9 Å². The van der Waals surface area contributed by atoms with Crippen LogP contribution >= 0.6 is 0 Å². The van der Waals surface area contributed by atoms with E-state index in [1.807, 2.05) is 48.5 Å². The molecule has 0 aromatic heterocycles. The average Bonchev–Trinajstić information content (AvgIpc) is 3.47. The summed E-state index contributed by atoms with van der Waals surface area (Å²) in [6.45, 7) is 1.15. The number of ether oxygens (including phenoxy) is 1. The van der Waals surface area contributed by atoms with E-state index in [0.717, 1.165) is 29.8 Å². The summed E-state index contributed by atoms with van der Waals surface area (Å²) >= 11 is 0. The molecule has 38 heavy (non-hydrogen) atoms. The Hall–Kier alpha value is -4.31. The minimum Gasteiger partial charge on any atom is -0.489 e. The molecule has 0 saturated carbocycles. The minimum absolute atomic E-state index is 0.0332. The highest BCUT2D eigenvalue weighted by Crippen LogP contribution is 2.50. The minimum atomic E-state index is -0.0332. The van der Waals surface area contributed by atoms with Crippen LogP contribution in [0.15, 0.2) is 115 Å². The maximum absolute atomic E-state index is 13.3. The first-order valence-electron chi connectivity index (χ1n) is 13.4. The molecule has 4 heteroatoms. The van der Waals surface area contributed by atoms with Gasteiger partial charge in [-0.15, -0.1) is 0 Å². The third kappa shape index (κ3) is 5.08. The van der Waals surface area contributed by atoms with E-state index in [9.17, 15) is 4.79 Å². The number of amides is 1. The van der Waals surface area contributed by atoms with E-state index in [1.54, 1.807) is 0 Å². The number of rotatable bonds is 8. The first-order chi connectivity index (χ1) is 18.8. The van der Waals surface area contributed by atoms with E-state index in [2.05, 4.69) is 77.4 Å². The summed E-state index contributed by atoms with van der Waals surface area (Å²) in [4.78, 5) is 13.3. The monoisotopic (exact) mass is 500 g/mol. The van der Waals surface area contributed by atoms with Gasteiger partial charge in [-0.25, -0.2) is 0 Å². The van der Waals surface area contributed by atoms with Crippen molar-refractivity contribution < 1.29 is 9.53 Å². The van der Waals surface area contributed by atoms with Crippen molar-refractivity contribution in [3.05, 3.63) is 143 Å². The molecule has 2 N–H and O–H groups in total. The number of anilines is 1. The molecule has 4 aromatic carbocycles. The third-order valence-corrected chi connectivity index (χ3v) is 7.67. The van der Waals surface area contributed by atoms with Gasteiger partial charge in [0.15, 0.2) is 0 Å². The third-order valence-electron chi connectivity index (χ3n) is 7.67. The number of allylic oxidation sites excluding steroid dienone is 2.